The molecule has 100 valence electrons. The molecule has 0 atom stereocenters. The Hall–Kier alpha value is -2.38. The van der Waals surface area contributed by atoms with Gasteiger partial charge in [-0.15, -0.1) is 0 Å². The summed E-state index contributed by atoms with van der Waals surface area (Å²) >= 11 is 0. The highest BCUT2D eigenvalue weighted by Crippen LogP contribution is 1.48. The standard InChI is InChI=1S/C3H5NO.3C2H4O2/c1-2-3(4)5;3*1-2(3)4/h2H,1H2,(H2,4,5);3*1H3,(H,3,4). The molecule has 0 aromatic rings. The molecular formula is C9H17NO7. The van der Waals surface area contributed by atoms with E-state index in [0.717, 1.165) is 26.8 Å². The van der Waals surface area contributed by atoms with Crippen molar-refractivity contribution in [2.45, 2.75) is 20.8 Å². The molecule has 0 spiro atoms. The number of carboxylic acids is 3. The number of primary amides is 1. The van der Waals surface area contributed by atoms with Crippen LogP contribution in [0.1, 0.15) is 20.8 Å². The molecule has 0 rings (SSSR count). The van der Waals surface area contributed by atoms with Gasteiger partial charge in [-0.25, -0.2) is 0 Å². The van der Waals surface area contributed by atoms with E-state index in [4.69, 9.17) is 29.7 Å². The summed E-state index contributed by atoms with van der Waals surface area (Å²) in [6.07, 6.45) is 1.06. The van der Waals surface area contributed by atoms with Crippen LogP contribution in [-0.4, -0.2) is 39.1 Å². The Balaban J connectivity index is -0.0000000667. The monoisotopic (exact) mass is 251 g/mol. The molecule has 0 fully saturated rings. The van der Waals surface area contributed by atoms with Crippen LogP contribution in [0.5, 0.6) is 0 Å². The maximum atomic E-state index is 9.47. The Kier molecular flexibility index (Phi) is 27.2. The zero-order valence-electron chi connectivity index (χ0n) is 9.84. The van der Waals surface area contributed by atoms with Crippen LogP contribution in [0, 0.1) is 0 Å². The topological polar surface area (TPSA) is 155 Å². The van der Waals surface area contributed by atoms with Gasteiger partial charge in [0.15, 0.2) is 0 Å². The van der Waals surface area contributed by atoms with E-state index in [-0.39, 0.29) is 0 Å². The van der Waals surface area contributed by atoms with E-state index in [0.29, 0.717) is 0 Å². The van der Waals surface area contributed by atoms with Crippen molar-refractivity contribution in [3.05, 3.63) is 12.7 Å². The maximum Gasteiger partial charge on any atom is 0.300 e. The second kappa shape index (κ2) is 19.2. The molecule has 0 aliphatic heterocycles. The van der Waals surface area contributed by atoms with Gasteiger partial charge in [0.2, 0.25) is 5.91 Å². The summed E-state index contributed by atoms with van der Waals surface area (Å²) in [5.74, 6) is -2.98. The molecule has 5 N–H and O–H groups in total. The Morgan fingerprint density at radius 2 is 0.941 bits per heavy atom. The van der Waals surface area contributed by atoms with Crippen LogP contribution in [0.15, 0.2) is 12.7 Å². The molecule has 1 amide bonds. The van der Waals surface area contributed by atoms with Crippen LogP contribution in [0.2, 0.25) is 0 Å². The lowest BCUT2D eigenvalue weighted by molar-refractivity contribution is -0.135. The van der Waals surface area contributed by atoms with Crippen LogP contribution < -0.4 is 5.73 Å². The molecule has 0 saturated heterocycles. The molecule has 17 heavy (non-hydrogen) atoms. The number of nitrogens with two attached hydrogens (primary N) is 1. The van der Waals surface area contributed by atoms with E-state index < -0.39 is 23.8 Å². The summed E-state index contributed by atoms with van der Waals surface area (Å²) < 4.78 is 0. The zero-order valence-corrected chi connectivity index (χ0v) is 9.84. The van der Waals surface area contributed by atoms with Gasteiger partial charge in [0, 0.05) is 20.8 Å². The Bertz CT molecular complexity index is 220. The number of hydrogen-bond acceptors (Lipinski definition) is 4. The SMILES string of the molecule is C=CC(N)=O.CC(=O)O.CC(=O)O.CC(=O)O. The molecule has 8 nitrogen and oxygen atoms in total. The third kappa shape index (κ3) is 12700. The minimum Gasteiger partial charge on any atom is -0.481 e. The summed E-state index contributed by atoms with van der Waals surface area (Å²) in [4.78, 5) is 36.5. The molecule has 0 bridgehead atoms. The lowest BCUT2D eigenvalue weighted by atomic mass is 10.6. The normalized spacial score (nSPS) is 6.29. The van der Waals surface area contributed by atoms with Gasteiger partial charge in [-0.1, -0.05) is 6.58 Å². The first-order valence-corrected chi connectivity index (χ1v) is 3.97. The lowest BCUT2D eigenvalue weighted by Gasteiger charge is -1.65. The molecule has 0 unspecified atom stereocenters. The molecule has 0 aromatic heterocycles. The van der Waals surface area contributed by atoms with Gasteiger partial charge in [-0.2, -0.15) is 0 Å². The third-order valence-corrected chi connectivity index (χ3v) is 0.201. The fourth-order valence-electron chi connectivity index (χ4n) is 0. The highest BCUT2D eigenvalue weighted by molar-refractivity contribution is 5.84. The summed E-state index contributed by atoms with van der Waals surface area (Å²) in [5.41, 5.74) is 4.53. The van der Waals surface area contributed by atoms with E-state index in [1.165, 1.54) is 0 Å². The van der Waals surface area contributed by atoms with Crippen LogP contribution >= 0.6 is 0 Å². The van der Waals surface area contributed by atoms with Crippen molar-refractivity contribution in [2.75, 3.05) is 0 Å². The van der Waals surface area contributed by atoms with Gasteiger partial charge < -0.3 is 21.1 Å². The minimum absolute atomic E-state index is 0.481. The van der Waals surface area contributed by atoms with Crippen molar-refractivity contribution in [2.24, 2.45) is 5.73 Å². The largest absolute Gasteiger partial charge is 0.481 e. The summed E-state index contributed by atoms with van der Waals surface area (Å²) in [6.45, 7) is 6.34. The lowest BCUT2D eigenvalue weighted by Crippen LogP contribution is -2.04. The van der Waals surface area contributed by atoms with Gasteiger partial charge in [0.05, 0.1) is 0 Å². The zero-order chi connectivity index (χ0) is 15.0. The fourth-order valence-corrected chi connectivity index (χ4v) is 0. The number of rotatable bonds is 1. The number of carbonyl (C=O) groups excluding carboxylic acids is 1. The van der Waals surface area contributed by atoms with Crippen molar-refractivity contribution >= 4 is 23.8 Å². The molecule has 8 heteroatoms. The van der Waals surface area contributed by atoms with Crippen LogP contribution in [0.25, 0.3) is 0 Å². The van der Waals surface area contributed by atoms with Crippen molar-refractivity contribution in [1.82, 2.24) is 0 Å². The van der Waals surface area contributed by atoms with E-state index in [9.17, 15) is 4.79 Å². The second-order valence-electron chi connectivity index (χ2n) is 2.16. The Morgan fingerprint density at radius 1 is 0.882 bits per heavy atom. The summed E-state index contributed by atoms with van der Waals surface area (Å²) in [5, 5.41) is 22.2. The Morgan fingerprint density at radius 3 is 0.941 bits per heavy atom. The number of hydrogen-bond donors (Lipinski definition) is 4. The molecule has 0 radical (unpaired) electrons. The quantitative estimate of drug-likeness (QED) is 0.475. The van der Waals surface area contributed by atoms with Crippen molar-refractivity contribution in [3.8, 4) is 0 Å². The third-order valence-electron chi connectivity index (χ3n) is 0.201. The highest BCUT2D eigenvalue weighted by atomic mass is 16.4. The van der Waals surface area contributed by atoms with Crippen molar-refractivity contribution < 1.29 is 34.5 Å². The number of amides is 1. The smallest absolute Gasteiger partial charge is 0.300 e. The van der Waals surface area contributed by atoms with E-state index in [1.807, 2.05) is 0 Å². The maximum absolute atomic E-state index is 9.47. The number of aliphatic carboxylic acids is 3. The predicted molar refractivity (Wildman–Crippen MR) is 59.3 cm³/mol. The van der Waals surface area contributed by atoms with Gasteiger partial charge in [0.1, 0.15) is 0 Å². The first kappa shape index (κ1) is 24.0. The first-order chi connectivity index (χ1) is 7.47. The second-order valence-corrected chi connectivity index (χ2v) is 2.16. The average Bonchev–Trinajstić information content (AvgIpc) is 2.00. The average molecular weight is 251 g/mol. The highest BCUT2D eigenvalue weighted by Gasteiger charge is 1.69. The molecule has 0 heterocycles. The number of carboxylic acid groups (broad SMARTS) is 3. The van der Waals surface area contributed by atoms with E-state index >= 15 is 0 Å². The van der Waals surface area contributed by atoms with Gasteiger partial charge in [-0.05, 0) is 6.08 Å². The molecule has 0 aliphatic carbocycles. The van der Waals surface area contributed by atoms with E-state index in [1.54, 1.807) is 0 Å². The van der Waals surface area contributed by atoms with Gasteiger partial charge in [-0.3, -0.25) is 19.2 Å². The summed E-state index contributed by atoms with van der Waals surface area (Å²) in [7, 11) is 0. The molecule has 0 aliphatic rings. The van der Waals surface area contributed by atoms with Gasteiger partial charge >= 0.3 is 0 Å². The fraction of sp³-hybridized carbons (Fsp3) is 0.333. The van der Waals surface area contributed by atoms with Crippen LogP contribution in [-0.2, 0) is 19.2 Å². The minimum atomic E-state index is -0.833. The predicted octanol–water partition coefficient (Wildman–Crippen LogP) is -0.0696. The molecule has 0 aromatic carbocycles. The van der Waals surface area contributed by atoms with Crippen LogP contribution in [0.3, 0.4) is 0 Å². The molecule has 0 saturated carbocycles. The van der Waals surface area contributed by atoms with E-state index in [2.05, 4.69) is 12.3 Å². The first-order valence-electron chi connectivity index (χ1n) is 3.97. The molecular weight excluding hydrogens is 234 g/mol. The number of carbonyl (C=O) groups is 4. The van der Waals surface area contributed by atoms with Gasteiger partial charge in [0.25, 0.3) is 17.9 Å². The van der Waals surface area contributed by atoms with Crippen molar-refractivity contribution in [3.63, 3.8) is 0 Å². The Labute approximate surface area is 98.4 Å². The summed E-state index contributed by atoms with van der Waals surface area (Å²) in [6, 6.07) is 0. The van der Waals surface area contributed by atoms with Crippen LogP contribution in [0.4, 0.5) is 0 Å². The van der Waals surface area contributed by atoms with Crippen molar-refractivity contribution in [1.29, 1.82) is 0 Å².